The minimum Gasteiger partial charge on any atom is -0.441 e. The quantitative estimate of drug-likeness (QED) is 0.644. The van der Waals surface area contributed by atoms with Crippen LogP contribution >= 0.6 is 0 Å². The largest absolute Gasteiger partial charge is 0.441 e. The Morgan fingerprint density at radius 1 is 0.893 bits per heavy atom. The first-order valence-electron chi connectivity index (χ1n) is 8.74. The van der Waals surface area contributed by atoms with Crippen LogP contribution in [0.4, 0.5) is 11.6 Å². The van der Waals surface area contributed by atoms with Crippen LogP contribution in [0.3, 0.4) is 0 Å². The summed E-state index contributed by atoms with van der Waals surface area (Å²) >= 11 is 0. The summed E-state index contributed by atoms with van der Waals surface area (Å²) in [4.78, 5) is 27.1. The standard InChI is InChI=1S/C22H21N3O3/c1-25(2)20-14-13-18(28-20)15-19(22(27)23-17-11-7-4-8-12-17)24-21(26)16-9-5-3-6-10-16/h3-15H,1-2H3,(H,23,27)(H,24,26). The predicted molar refractivity (Wildman–Crippen MR) is 110 cm³/mol. The molecule has 1 aromatic heterocycles. The molecule has 0 radical (unpaired) electrons. The topological polar surface area (TPSA) is 74.6 Å². The van der Waals surface area contributed by atoms with Crippen LogP contribution in [0.25, 0.3) is 6.08 Å². The van der Waals surface area contributed by atoms with E-state index in [4.69, 9.17) is 4.42 Å². The number of benzene rings is 2. The third-order valence-corrected chi connectivity index (χ3v) is 3.90. The minimum atomic E-state index is -0.446. The van der Waals surface area contributed by atoms with E-state index >= 15 is 0 Å². The van der Waals surface area contributed by atoms with Crippen LogP contribution in [-0.4, -0.2) is 25.9 Å². The van der Waals surface area contributed by atoms with Gasteiger partial charge in [-0.05, 0) is 30.3 Å². The van der Waals surface area contributed by atoms with Crippen LogP contribution < -0.4 is 15.5 Å². The molecule has 6 nitrogen and oxygen atoms in total. The van der Waals surface area contributed by atoms with Crippen molar-refractivity contribution in [3.05, 3.63) is 89.8 Å². The van der Waals surface area contributed by atoms with Gasteiger partial charge in [-0.3, -0.25) is 9.59 Å². The normalized spacial score (nSPS) is 11.0. The Labute approximate surface area is 163 Å². The second-order valence-electron chi connectivity index (χ2n) is 6.27. The van der Waals surface area contributed by atoms with E-state index in [1.54, 1.807) is 48.5 Å². The van der Waals surface area contributed by atoms with E-state index in [9.17, 15) is 9.59 Å². The number of nitrogens with one attached hydrogen (secondary N) is 2. The molecular weight excluding hydrogens is 354 g/mol. The molecule has 0 saturated heterocycles. The third kappa shape index (κ3) is 4.88. The molecule has 0 aliphatic rings. The molecular formula is C22H21N3O3. The van der Waals surface area contributed by atoms with E-state index in [0.717, 1.165) is 0 Å². The number of hydrogen-bond donors (Lipinski definition) is 2. The number of carbonyl (C=O) groups is 2. The summed E-state index contributed by atoms with van der Waals surface area (Å²) in [5.74, 6) is 0.270. The molecule has 0 saturated carbocycles. The van der Waals surface area contributed by atoms with E-state index in [1.807, 2.05) is 43.3 Å². The molecule has 0 fully saturated rings. The van der Waals surface area contributed by atoms with Crippen LogP contribution in [0.1, 0.15) is 16.1 Å². The second-order valence-corrected chi connectivity index (χ2v) is 6.27. The van der Waals surface area contributed by atoms with Gasteiger partial charge in [-0.1, -0.05) is 36.4 Å². The zero-order valence-electron chi connectivity index (χ0n) is 15.7. The summed E-state index contributed by atoms with van der Waals surface area (Å²) in [5.41, 5.74) is 1.16. The third-order valence-electron chi connectivity index (χ3n) is 3.90. The smallest absolute Gasteiger partial charge is 0.272 e. The van der Waals surface area contributed by atoms with Crippen molar-refractivity contribution in [2.45, 2.75) is 0 Å². The summed E-state index contributed by atoms with van der Waals surface area (Å²) in [6.45, 7) is 0. The lowest BCUT2D eigenvalue weighted by atomic mass is 10.2. The molecule has 2 N–H and O–H groups in total. The average molecular weight is 375 g/mol. The van der Waals surface area contributed by atoms with Crippen LogP contribution in [0.5, 0.6) is 0 Å². The van der Waals surface area contributed by atoms with Gasteiger partial charge in [0.1, 0.15) is 11.5 Å². The van der Waals surface area contributed by atoms with Gasteiger partial charge in [-0.2, -0.15) is 0 Å². The summed E-state index contributed by atoms with van der Waals surface area (Å²) in [7, 11) is 3.71. The average Bonchev–Trinajstić information content (AvgIpc) is 3.18. The molecule has 1 heterocycles. The van der Waals surface area contributed by atoms with Crippen LogP contribution in [0, 0.1) is 0 Å². The fourth-order valence-electron chi connectivity index (χ4n) is 2.46. The fraction of sp³-hybridized carbons (Fsp3) is 0.0909. The number of amides is 2. The van der Waals surface area contributed by atoms with Crippen molar-refractivity contribution in [2.75, 3.05) is 24.3 Å². The summed E-state index contributed by atoms with van der Waals surface area (Å²) in [6.07, 6.45) is 1.51. The number of para-hydroxylation sites is 1. The molecule has 0 atom stereocenters. The van der Waals surface area contributed by atoms with Gasteiger partial charge in [0.25, 0.3) is 11.8 Å². The second kappa shape index (κ2) is 8.73. The fourth-order valence-corrected chi connectivity index (χ4v) is 2.46. The molecule has 0 spiro atoms. The highest BCUT2D eigenvalue weighted by Crippen LogP contribution is 2.18. The van der Waals surface area contributed by atoms with Gasteiger partial charge in [-0.15, -0.1) is 0 Å². The van der Waals surface area contributed by atoms with E-state index < -0.39 is 5.91 Å². The Balaban J connectivity index is 1.87. The summed E-state index contributed by atoms with van der Waals surface area (Å²) in [6, 6.07) is 21.3. The monoisotopic (exact) mass is 375 g/mol. The van der Waals surface area contributed by atoms with Crippen LogP contribution in [-0.2, 0) is 4.79 Å². The van der Waals surface area contributed by atoms with Crippen molar-refractivity contribution in [2.24, 2.45) is 0 Å². The molecule has 2 aromatic carbocycles. The zero-order chi connectivity index (χ0) is 19.9. The number of carbonyl (C=O) groups excluding carboxylic acids is 2. The van der Waals surface area contributed by atoms with Gasteiger partial charge in [0, 0.05) is 37.5 Å². The molecule has 28 heavy (non-hydrogen) atoms. The van der Waals surface area contributed by atoms with Gasteiger partial charge in [-0.25, -0.2) is 0 Å². The maximum absolute atomic E-state index is 12.8. The van der Waals surface area contributed by atoms with Crippen molar-refractivity contribution in [3.63, 3.8) is 0 Å². The van der Waals surface area contributed by atoms with Gasteiger partial charge >= 0.3 is 0 Å². The van der Waals surface area contributed by atoms with Crippen molar-refractivity contribution < 1.29 is 14.0 Å². The predicted octanol–water partition coefficient (Wildman–Crippen LogP) is 3.76. The molecule has 142 valence electrons. The molecule has 0 unspecified atom stereocenters. The number of rotatable bonds is 6. The highest BCUT2D eigenvalue weighted by molar-refractivity contribution is 6.10. The van der Waals surface area contributed by atoms with Crippen molar-refractivity contribution in [1.82, 2.24) is 5.32 Å². The maximum Gasteiger partial charge on any atom is 0.272 e. The van der Waals surface area contributed by atoms with E-state index in [-0.39, 0.29) is 11.6 Å². The highest BCUT2D eigenvalue weighted by atomic mass is 16.4. The van der Waals surface area contributed by atoms with Gasteiger partial charge in [0.2, 0.25) is 0 Å². The number of furan rings is 1. The van der Waals surface area contributed by atoms with Crippen LogP contribution in [0.15, 0.2) is 82.9 Å². The van der Waals surface area contributed by atoms with E-state index in [1.165, 1.54) is 6.08 Å². The van der Waals surface area contributed by atoms with Crippen molar-refractivity contribution in [3.8, 4) is 0 Å². The van der Waals surface area contributed by atoms with Crippen molar-refractivity contribution in [1.29, 1.82) is 0 Å². The maximum atomic E-state index is 12.8. The molecule has 0 aliphatic heterocycles. The van der Waals surface area contributed by atoms with Gasteiger partial charge < -0.3 is 20.0 Å². The summed E-state index contributed by atoms with van der Waals surface area (Å²) in [5, 5.41) is 5.45. The molecule has 0 bridgehead atoms. The minimum absolute atomic E-state index is 0.0809. The number of nitrogens with zero attached hydrogens (tertiary/aromatic N) is 1. The van der Waals surface area contributed by atoms with E-state index in [2.05, 4.69) is 10.6 Å². The molecule has 3 aromatic rings. The molecule has 2 amide bonds. The number of anilines is 2. The first kappa shape index (κ1) is 19.0. The lowest BCUT2D eigenvalue weighted by molar-refractivity contribution is -0.113. The first-order chi connectivity index (χ1) is 13.5. The molecule has 3 rings (SSSR count). The molecule has 6 heteroatoms. The SMILES string of the molecule is CN(C)c1ccc(C=C(NC(=O)c2ccccc2)C(=O)Nc2ccccc2)o1. The molecule has 0 aliphatic carbocycles. The van der Waals surface area contributed by atoms with Crippen LogP contribution in [0.2, 0.25) is 0 Å². The first-order valence-corrected chi connectivity index (χ1v) is 8.74. The number of hydrogen-bond acceptors (Lipinski definition) is 4. The Hall–Kier alpha value is -3.80. The zero-order valence-corrected chi connectivity index (χ0v) is 15.7. The Morgan fingerprint density at radius 2 is 1.54 bits per heavy atom. The van der Waals surface area contributed by atoms with Gasteiger partial charge in [0.05, 0.1) is 0 Å². The van der Waals surface area contributed by atoms with E-state index in [0.29, 0.717) is 22.9 Å². The Morgan fingerprint density at radius 3 is 2.14 bits per heavy atom. The van der Waals surface area contributed by atoms with Crippen molar-refractivity contribution >= 4 is 29.5 Å². The Bertz CT molecular complexity index is 977. The summed E-state index contributed by atoms with van der Waals surface area (Å²) < 4.78 is 5.68. The van der Waals surface area contributed by atoms with Gasteiger partial charge in [0.15, 0.2) is 5.88 Å². The highest BCUT2D eigenvalue weighted by Gasteiger charge is 2.16. The lowest BCUT2D eigenvalue weighted by Crippen LogP contribution is -2.30. The lowest BCUT2D eigenvalue weighted by Gasteiger charge is -2.11. The Kier molecular flexibility index (Phi) is 5.91.